The second kappa shape index (κ2) is 10.8. The van der Waals surface area contributed by atoms with Crippen molar-refractivity contribution < 1.29 is 14.0 Å². The summed E-state index contributed by atoms with van der Waals surface area (Å²) in [4.78, 5) is 27.9. The monoisotopic (exact) mass is 530 g/mol. The number of nitrogens with one attached hydrogen (secondary N) is 1. The molecule has 3 aromatic carbocycles. The highest BCUT2D eigenvalue weighted by molar-refractivity contribution is 6.34. The summed E-state index contributed by atoms with van der Waals surface area (Å²) in [5, 5.41) is 7.08. The zero-order chi connectivity index (χ0) is 26.8. The Bertz CT molecular complexity index is 1490. The Balaban J connectivity index is 1.22. The number of hydrogen-bond donors (Lipinski definition) is 1. The van der Waals surface area contributed by atoms with Crippen LogP contribution in [0.1, 0.15) is 50.6 Å². The van der Waals surface area contributed by atoms with Gasteiger partial charge < -0.3 is 10.2 Å². The first-order chi connectivity index (χ1) is 18.3. The van der Waals surface area contributed by atoms with Crippen molar-refractivity contribution in [2.45, 2.75) is 25.7 Å². The van der Waals surface area contributed by atoms with E-state index in [-0.39, 0.29) is 16.5 Å². The van der Waals surface area contributed by atoms with Crippen molar-refractivity contribution in [1.82, 2.24) is 14.7 Å². The molecule has 1 fully saturated rings. The van der Waals surface area contributed by atoms with Gasteiger partial charge in [-0.15, -0.1) is 0 Å². The molecule has 194 valence electrons. The minimum absolute atomic E-state index is 0.0296. The number of likely N-dealkylation sites (tertiary alicyclic amines) is 1. The van der Waals surface area contributed by atoms with Gasteiger partial charge in [0.25, 0.3) is 11.8 Å². The highest BCUT2D eigenvalue weighted by Crippen LogP contribution is 2.31. The van der Waals surface area contributed by atoms with Crippen molar-refractivity contribution in [1.29, 1.82) is 0 Å². The van der Waals surface area contributed by atoms with Crippen LogP contribution in [0.25, 0.3) is 11.1 Å². The van der Waals surface area contributed by atoms with Gasteiger partial charge in [-0.25, -0.2) is 4.39 Å². The maximum absolute atomic E-state index is 13.4. The van der Waals surface area contributed by atoms with Crippen LogP contribution >= 0.6 is 11.6 Å². The smallest absolute Gasteiger partial charge is 0.257 e. The molecule has 1 aliphatic rings. The summed E-state index contributed by atoms with van der Waals surface area (Å²) in [5.74, 6) is -0.639. The number of piperidine rings is 1. The molecule has 0 bridgehead atoms. The van der Waals surface area contributed by atoms with Gasteiger partial charge in [-0.2, -0.15) is 5.10 Å². The van der Waals surface area contributed by atoms with Crippen LogP contribution in [0.3, 0.4) is 0 Å². The number of nitrogens with zero attached hydrogens (tertiary/aromatic N) is 3. The highest BCUT2D eigenvalue weighted by Gasteiger charge is 2.25. The Kier molecular flexibility index (Phi) is 7.29. The fourth-order valence-corrected chi connectivity index (χ4v) is 5.12. The number of carbonyl (C=O) groups excluding carboxylic acids is 2. The molecule has 0 saturated carbocycles. The zero-order valence-corrected chi connectivity index (χ0v) is 22.0. The van der Waals surface area contributed by atoms with E-state index in [0.717, 1.165) is 35.6 Å². The van der Waals surface area contributed by atoms with E-state index >= 15 is 0 Å². The molecule has 38 heavy (non-hydrogen) atoms. The summed E-state index contributed by atoms with van der Waals surface area (Å²) in [6.45, 7) is 3.17. The number of aromatic nitrogens is 2. The van der Waals surface area contributed by atoms with Gasteiger partial charge >= 0.3 is 0 Å². The standard InChI is InChI=1S/C30H28ClFN4O2/c1-19-3-4-23(15-28(19)34-29(37)26-10-9-25(32)16-27(26)31)30(38)36-13-11-22(12-14-36)20-5-7-21(8-6-20)24-17-33-35(2)18-24/h3-10,15-18,22H,11-14H2,1-2H3,(H,34,37). The van der Waals surface area contributed by atoms with Gasteiger partial charge in [0.15, 0.2) is 0 Å². The molecule has 1 aromatic heterocycles. The molecule has 5 rings (SSSR count). The number of carbonyl (C=O) groups is 2. The lowest BCUT2D eigenvalue weighted by molar-refractivity contribution is 0.0712. The van der Waals surface area contributed by atoms with Crippen LogP contribution in [0.4, 0.5) is 10.1 Å². The Labute approximate surface area is 226 Å². The Morgan fingerprint density at radius 3 is 2.39 bits per heavy atom. The molecule has 8 heteroatoms. The number of benzene rings is 3. The van der Waals surface area contributed by atoms with Gasteiger partial charge in [-0.05, 0) is 72.7 Å². The Hall–Kier alpha value is -3.97. The number of rotatable bonds is 5. The average Bonchev–Trinajstić information content (AvgIpc) is 3.36. The van der Waals surface area contributed by atoms with Gasteiger partial charge in [0.05, 0.1) is 16.8 Å². The van der Waals surface area contributed by atoms with Crippen molar-refractivity contribution in [3.63, 3.8) is 0 Å². The maximum Gasteiger partial charge on any atom is 0.257 e. The third-order valence-corrected chi connectivity index (χ3v) is 7.42. The van der Waals surface area contributed by atoms with Gasteiger partial charge in [0, 0.05) is 43.1 Å². The minimum Gasteiger partial charge on any atom is -0.339 e. The average molecular weight is 531 g/mol. The van der Waals surface area contributed by atoms with Gasteiger partial charge in [0.1, 0.15) is 5.82 Å². The third-order valence-electron chi connectivity index (χ3n) is 7.11. The van der Waals surface area contributed by atoms with Crippen LogP contribution in [0.2, 0.25) is 5.02 Å². The number of aryl methyl sites for hydroxylation is 2. The normalized spacial score (nSPS) is 13.9. The van der Waals surface area contributed by atoms with E-state index in [1.54, 1.807) is 16.8 Å². The van der Waals surface area contributed by atoms with Crippen molar-refractivity contribution in [2.24, 2.45) is 7.05 Å². The summed E-state index contributed by atoms with van der Waals surface area (Å²) in [6.07, 6.45) is 5.63. The first-order valence-electron chi connectivity index (χ1n) is 12.5. The molecule has 2 amide bonds. The van der Waals surface area contributed by atoms with E-state index in [1.807, 2.05) is 37.3 Å². The summed E-state index contributed by atoms with van der Waals surface area (Å²) >= 11 is 6.04. The van der Waals surface area contributed by atoms with Crippen molar-refractivity contribution >= 4 is 29.1 Å². The molecule has 6 nitrogen and oxygen atoms in total. The van der Waals surface area contributed by atoms with Gasteiger partial charge in [0.2, 0.25) is 0 Å². The fourth-order valence-electron chi connectivity index (χ4n) is 4.87. The molecule has 1 saturated heterocycles. The van der Waals surface area contributed by atoms with E-state index < -0.39 is 11.7 Å². The first-order valence-corrected chi connectivity index (χ1v) is 12.9. The zero-order valence-electron chi connectivity index (χ0n) is 21.2. The van der Waals surface area contributed by atoms with E-state index in [0.29, 0.717) is 30.3 Å². The van der Waals surface area contributed by atoms with E-state index in [4.69, 9.17) is 11.6 Å². The van der Waals surface area contributed by atoms with E-state index in [1.165, 1.54) is 17.7 Å². The van der Waals surface area contributed by atoms with Crippen molar-refractivity contribution in [2.75, 3.05) is 18.4 Å². The number of halogens is 2. The highest BCUT2D eigenvalue weighted by atomic mass is 35.5. The summed E-state index contributed by atoms with van der Waals surface area (Å²) < 4.78 is 15.2. The molecule has 0 aliphatic carbocycles. The molecule has 0 unspecified atom stereocenters. The Morgan fingerprint density at radius 2 is 1.74 bits per heavy atom. The topological polar surface area (TPSA) is 67.2 Å². The van der Waals surface area contributed by atoms with Crippen LogP contribution in [0.5, 0.6) is 0 Å². The molecule has 1 aliphatic heterocycles. The molecular formula is C30H28ClFN4O2. The van der Waals surface area contributed by atoms with Gasteiger partial charge in [-0.1, -0.05) is 41.9 Å². The van der Waals surface area contributed by atoms with Crippen molar-refractivity contribution in [3.8, 4) is 11.1 Å². The lowest BCUT2D eigenvalue weighted by Gasteiger charge is -2.32. The lowest BCUT2D eigenvalue weighted by atomic mass is 9.88. The second-order valence-corrected chi connectivity index (χ2v) is 10.1. The second-order valence-electron chi connectivity index (χ2n) is 9.70. The predicted octanol–water partition coefficient (Wildman–Crippen LogP) is 6.46. The SMILES string of the molecule is Cc1ccc(C(=O)N2CCC(c3ccc(-c4cnn(C)c4)cc3)CC2)cc1NC(=O)c1ccc(F)cc1Cl. The van der Waals surface area contributed by atoms with Crippen LogP contribution in [0, 0.1) is 12.7 Å². The summed E-state index contributed by atoms with van der Waals surface area (Å²) in [7, 11) is 1.91. The number of hydrogen-bond acceptors (Lipinski definition) is 3. The largest absolute Gasteiger partial charge is 0.339 e. The Morgan fingerprint density at radius 1 is 1.00 bits per heavy atom. The fraction of sp³-hybridized carbons (Fsp3) is 0.233. The minimum atomic E-state index is -0.513. The van der Waals surface area contributed by atoms with Crippen LogP contribution in [0.15, 0.2) is 73.1 Å². The summed E-state index contributed by atoms with van der Waals surface area (Å²) in [6, 6.07) is 17.5. The van der Waals surface area contributed by atoms with Crippen LogP contribution < -0.4 is 5.32 Å². The molecule has 1 N–H and O–H groups in total. The third kappa shape index (κ3) is 5.48. The number of anilines is 1. The summed E-state index contributed by atoms with van der Waals surface area (Å²) in [5.41, 5.74) is 5.51. The lowest BCUT2D eigenvalue weighted by Crippen LogP contribution is -2.38. The molecular weight excluding hydrogens is 503 g/mol. The van der Waals surface area contributed by atoms with Crippen molar-refractivity contribution in [3.05, 3.63) is 106 Å². The quantitative estimate of drug-likeness (QED) is 0.322. The first kappa shape index (κ1) is 25.7. The number of amides is 2. The van der Waals surface area contributed by atoms with Crippen LogP contribution in [-0.2, 0) is 7.05 Å². The predicted molar refractivity (Wildman–Crippen MR) is 147 cm³/mol. The van der Waals surface area contributed by atoms with Gasteiger partial charge in [-0.3, -0.25) is 14.3 Å². The van der Waals surface area contributed by atoms with E-state index in [9.17, 15) is 14.0 Å². The molecule has 0 radical (unpaired) electrons. The molecule has 0 spiro atoms. The van der Waals surface area contributed by atoms with Crippen LogP contribution in [-0.4, -0.2) is 39.6 Å². The molecule has 2 heterocycles. The molecule has 4 aromatic rings. The maximum atomic E-state index is 13.4. The molecule has 0 atom stereocenters. The van der Waals surface area contributed by atoms with E-state index in [2.05, 4.69) is 34.7 Å².